The first kappa shape index (κ1) is 18.2. The van der Waals surface area contributed by atoms with E-state index in [0.717, 1.165) is 22.4 Å². The number of carbonyl (C=O) groups is 1. The van der Waals surface area contributed by atoms with E-state index >= 15 is 0 Å². The van der Waals surface area contributed by atoms with Crippen LogP contribution in [-0.2, 0) is 6.18 Å². The number of anilines is 1. The van der Waals surface area contributed by atoms with Crippen molar-refractivity contribution in [2.24, 2.45) is 0 Å². The van der Waals surface area contributed by atoms with Crippen LogP contribution in [-0.4, -0.2) is 30.0 Å². The van der Waals surface area contributed by atoms with E-state index in [1.807, 2.05) is 19.0 Å². The van der Waals surface area contributed by atoms with Crippen LogP contribution in [0.3, 0.4) is 0 Å². The molecule has 2 rings (SSSR count). The van der Waals surface area contributed by atoms with E-state index in [0.29, 0.717) is 6.42 Å². The zero-order chi connectivity index (χ0) is 17.9. The van der Waals surface area contributed by atoms with Crippen molar-refractivity contribution in [2.75, 3.05) is 19.0 Å². The van der Waals surface area contributed by atoms with Gasteiger partial charge in [0.15, 0.2) is 5.69 Å². The van der Waals surface area contributed by atoms with Gasteiger partial charge < -0.3 is 10.2 Å². The molecule has 9 heteroatoms. The molecule has 1 amide bonds. The molecule has 0 spiro atoms. The van der Waals surface area contributed by atoms with Crippen molar-refractivity contribution in [3.8, 4) is 0 Å². The van der Waals surface area contributed by atoms with E-state index in [4.69, 9.17) is 0 Å². The molecule has 0 aliphatic rings. The maximum Gasteiger partial charge on any atom is 0.434 e. The molecule has 1 N–H and O–H groups in total. The third-order valence-corrected chi connectivity index (χ3v) is 4.28. The number of amides is 1. The van der Waals surface area contributed by atoms with Crippen LogP contribution in [0.5, 0.6) is 0 Å². The van der Waals surface area contributed by atoms with Gasteiger partial charge in [-0.05, 0) is 18.6 Å². The average molecular weight is 358 g/mol. The second kappa shape index (κ2) is 7.16. The molecule has 5 nitrogen and oxygen atoms in total. The van der Waals surface area contributed by atoms with Gasteiger partial charge in [0.25, 0.3) is 5.91 Å². The van der Waals surface area contributed by atoms with E-state index in [-0.39, 0.29) is 10.7 Å². The molecule has 2 heterocycles. The number of nitrogens with zero attached hydrogens (tertiary/aromatic N) is 3. The topological polar surface area (TPSA) is 58.1 Å². The molecule has 0 saturated carbocycles. The lowest BCUT2D eigenvalue weighted by atomic mass is 10.2. The van der Waals surface area contributed by atoms with E-state index in [1.54, 1.807) is 25.3 Å². The molecular formula is C15H17F3N4OS. The minimum atomic E-state index is -4.49. The van der Waals surface area contributed by atoms with E-state index < -0.39 is 23.8 Å². The summed E-state index contributed by atoms with van der Waals surface area (Å²) in [6, 6.07) is 2.72. The molecular weight excluding hydrogens is 341 g/mol. The Bertz CT molecular complexity index is 697. The third kappa shape index (κ3) is 4.22. The van der Waals surface area contributed by atoms with Crippen LogP contribution in [0.1, 0.15) is 40.6 Å². The number of aromatic nitrogens is 2. The predicted octanol–water partition coefficient (Wildman–Crippen LogP) is 3.50. The highest BCUT2D eigenvalue weighted by Gasteiger charge is 2.34. The Balaban J connectivity index is 2.12. The summed E-state index contributed by atoms with van der Waals surface area (Å²) in [4.78, 5) is 21.7. The largest absolute Gasteiger partial charge is 0.434 e. The fourth-order valence-corrected chi connectivity index (χ4v) is 2.89. The molecule has 24 heavy (non-hydrogen) atoms. The number of thiazole rings is 1. The molecule has 2 aromatic heterocycles. The second-order valence-electron chi connectivity index (χ2n) is 5.30. The molecule has 0 aliphatic heterocycles. The quantitative estimate of drug-likeness (QED) is 0.889. The summed E-state index contributed by atoms with van der Waals surface area (Å²) in [6.07, 6.45) is -2.51. The lowest BCUT2D eigenvalue weighted by Gasteiger charge is -2.15. The number of hydrogen-bond acceptors (Lipinski definition) is 5. The smallest absolute Gasteiger partial charge is 0.376 e. The monoisotopic (exact) mass is 358 g/mol. The first-order chi connectivity index (χ1) is 11.2. The molecule has 0 radical (unpaired) electrons. The van der Waals surface area contributed by atoms with E-state index in [1.165, 1.54) is 0 Å². The Labute approximate surface area is 141 Å². The highest BCUT2D eigenvalue weighted by Crippen LogP contribution is 2.32. The van der Waals surface area contributed by atoms with Gasteiger partial charge in [-0.15, -0.1) is 11.3 Å². The third-order valence-electron chi connectivity index (χ3n) is 3.32. The summed E-state index contributed by atoms with van der Waals surface area (Å²) >= 11 is 0.880. The van der Waals surface area contributed by atoms with Gasteiger partial charge in [-0.2, -0.15) is 13.2 Å². The van der Waals surface area contributed by atoms with Crippen molar-refractivity contribution in [2.45, 2.75) is 25.6 Å². The van der Waals surface area contributed by atoms with Crippen LogP contribution < -0.4 is 10.2 Å². The fourth-order valence-electron chi connectivity index (χ4n) is 1.93. The van der Waals surface area contributed by atoms with Gasteiger partial charge in [0.2, 0.25) is 0 Å². The maximum absolute atomic E-state index is 12.6. The molecule has 0 unspecified atom stereocenters. The molecule has 0 saturated heterocycles. The Morgan fingerprint density at radius 2 is 2.08 bits per heavy atom. The Morgan fingerprint density at radius 1 is 1.38 bits per heavy atom. The van der Waals surface area contributed by atoms with Crippen molar-refractivity contribution in [1.29, 1.82) is 0 Å². The number of nitrogens with one attached hydrogen (secondary N) is 1. The summed E-state index contributed by atoms with van der Waals surface area (Å²) in [6.45, 7) is 1.77. The molecule has 130 valence electrons. The second-order valence-corrected chi connectivity index (χ2v) is 6.19. The van der Waals surface area contributed by atoms with Crippen LogP contribution >= 0.6 is 11.3 Å². The molecule has 0 aliphatic carbocycles. The van der Waals surface area contributed by atoms with Crippen molar-refractivity contribution >= 4 is 22.9 Å². The highest BCUT2D eigenvalue weighted by atomic mass is 32.1. The van der Waals surface area contributed by atoms with Gasteiger partial charge in [0.1, 0.15) is 10.7 Å². The standard InChI is InChI=1S/C15H17F3N4OS/c1-4-10(14-21-12(8-24-14)15(16,17)18)20-13(23)11-6-5-9(7-19-11)22(2)3/h5-8,10H,4H2,1-3H3,(H,20,23)/t10-/m1/s1. The van der Waals surface area contributed by atoms with Gasteiger partial charge in [0, 0.05) is 19.5 Å². The van der Waals surface area contributed by atoms with E-state index in [9.17, 15) is 18.0 Å². The first-order valence-electron chi connectivity index (χ1n) is 7.19. The number of rotatable bonds is 5. The zero-order valence-electron chi connectivity index (χ0n) is 13.4. The summed E-state index contributed by atoms with van der Waals surface area (Å²) in [5.74, 6) is -0.448. The van der Waals surface area contributed by atoms with Gasteiger partial charge in [0.05, 0.1) is 17.9 Å². The maximum atomic E-state index is 12.6. The summed E-state index contributed by atoms with van der Waals surface area (Å²) < 4.78 is 37.9. The lowest BCUT2D eigenvalue weighted by molar-refractivity contribution is -0.140. The van der Waals surface area contributed by atoms with Crippen LogP contribution in [0.15, 0.2) is 23.7 Å². The predicted molar refractivity (Wildman–Crippen MR) is 86.2 cm³/mol. The normalized spacial score (nSPS) is 12.8. The number of halogens is 3. The van der Waals surface area contributed by atoms with Crippen LogP contribution in [0.2, 0.25) is 0 Å². The van der Waals surface area contributed by atoms with E-state index in [2.05, 4.69) is 15.3 Å². The van der Waals surface area contributed by atoms with Crippen molar-refractivity contribution in [1.82, 2.24) is 15.3 Å². The minimum Gasteiger partial charge on any atom is -0.376 e. The minimum absolute atomic E-state index is 0.201. The first-order valence-corrected chi connectivity index (χ1v) is 8.07. The summed E-state index contributed by atoms with van der Waals surface area (Å²) in [5, 5.41) is 3.86. The highest BCUT2D eigenvalue weighted by molar-refractivity contribution is 7.09. The van der Waals surface area contributed by atoms with Gasteiger partial charge >= 0.3 is 6.18 Å². The fraction of sp³-hybridized carbons (Fsp3) is 0.400. The van der Waals surface area contributed by atoms with Crippen LogP contribution in [0, 0.1) is 0 Å². The average Bonchev–Trinajstić information content (AvgIpc) is 3.02. The molecule has 0 fully saturated rings. The lowest BCUT2D eigenvalue weighted by Crippen LogP contribution is -2.29. The van der Waals surface area contributed by atoms with Gasteiger partial charge in [-0.1, -0.05) is 6.92 Å². The summed E-state index contributed by atoms with van der Waals surface area (Å²) in [5.41, 5.74) is 0.101. The number of pyridine rings is 1. The van der Waals surface area contributed by atoms with Gasteiger partial charge in [-0.3, -0.25) is 4.79 Å². The van der Waals surface area contributed by atoms with Crippen molar-refractivity contribution in [3.63, 3.8) is 0 Å². The van der Waals surface area contributed by atoms with Crippen molar-refractivity contribution < 1.29 is 18.0 Å². The number of hydrogen-bond donors (Lipinski definition) is 1. The number of alkyl halides is 3. The Kier molecular flexibility index (Phi) is 5.43. The SMILES string of the molecule is CC[C@@H](NC(=O)c1ccc(N(C)C)cn1)c1nc(C(F)(F)F)cs1. The Hall–Kier alpha value is -2.16. The molecule has 1 atom stereocenters. The number of carbonyl (C=O) groups excluding carboxylic acids is 1. The molecule has 0 aromatic carbocycles. The van der Waals surface area contributed by atoms with Crippen LogP contribution in [0.4, 0.5) is 18.9 Å². The zero-order valence-corrected chi connectivity index (χ0v) is 14.2. The Morgan fingerprint density at radius 3 is 2.54 bits per heavy atom. The molecule has 0 bridgehead atoms. The van der Waals surface area contributed by atoms with Crippen LogP contribution in [0.25, 0.3) is 0 Å². The van der Waals surface area contributed by atoms with Gasteiger partial charge in [-0.25, -0.2) is 9.97 Å². The molecule has 2 aromatic rings. The van der Waals surface area contributed by atoms with Crippen molar-refractivity contribution in [3.05, 3.63) is 40.1 Å². The summed E-state index contributed by atoms with van der Waals surface area (Å²) in [7, 11) is 3.70.